The number of likely N-dealkylation sites (tertiary alicyclic amines) is 1. The van der Waals surface area contributed by atoms with Crippen LogP contribution >= 0.6 is 0 Å². The Morgan fingerprint density at radius 1 is 1.07 bits per heavy atom. The van der Waals surface area contributed by atoms with E-state index in [0.717, 1.165) is 17.7 Å². The molecule has 28 heavy (non-hydrogen) atoms. The topological polar surface area (TPSA) is 49.4 Å². The van der Waals surface area contributed by atoms with Crippen molar-refractivity contribution < 1.29 is 18.4 Å². The molecule has 3 rings (SSSR count). The Morgan fingerprint density at radius 3 is 2.46 bits per heavy atom. The molecular weight excluding hydrogens is 362 g/mol. The Morgan fingerprint density at radius 2 is 1.79 bits per heavy atom. The van der Waals surface area contributed by atoms with Gasteiger partial charge in [0.2, 0.25) is 5.91 Å². The number of halogens is 2. The fourth-order valence-electron chi connectivity index (χ4n) is 3.47. The van der Waals surface area contributed by atoms with Gasteiger partial charge in [0.05, 0.1) is 0 Å². The smallest absolute Gasteiger partial charge is 0.251 e. The van der Waals surface area contributed by atoms with Gasteiger partial charge in [0.15, 0.2) is 11.6 Å². The van der Waals surface area contributed by atoms with Crippen molar-refractivity contribution in [1.29, 1.82) is 0 Å². The number of nitrogens with one attached hydrogen (secondary N) is 1. The van der Waals surface area contributed by atoms with E-state index in [0.29, 0.717) is 43.5 Å². The number of hydrogen-bond donors (Lipinski definition) is 1. The van der Waals surface area contributed by atoms with Crippen molar-refractivity contribution in [3.05, 3.63) is 70.8 Å². The highest BCUT2D eigenvalue weighted by molar-refractivity contribution is 5.95. The summed E-state index contributed by atoms with van der Waals surface area (Å²) < 4.78 is 26.2. The van der Waals surface area contributed by atoms with E-state index >= 15 is 0 Å². The minimum atomic E-state index is -0.893. The van der Waals surface area contributed by atoms with Crippen molar-refractivity contribution in [3.63, 3.8) is 0 Å². The number of nitrogens with zero attached hydrogens (tertiary/aromatic N) is 1. The summed E-state index contributed by atoms with van der Waals surface area (Å²) in [4.78, 5) is 26.6. The molecule has 0 saturated carbocycles. The lowest BCUT2D eigenvalue weighted by Gasteiger charge is -2.32. The molecule has 0 bridgehead atoms. The number of piperidine rings is 1. The summed E-state index contributed by atoms with van der Waals surface area (Å²) in [5.41, 5.74) is 2.21. The van der Waals surface area contributed by atoms with Crippen molar-refractivity contribution in [2.45, 2.75) is 38.6 Å². The van der Waals surface area contributed by atoms with Crippen molar-refractivity contribution in [1.82, 2.24) is 10.2 Å². The SMILES string of the molecule is Cc1ccccc1C(=O)NC1CCN(C(=O)CCc2ccc(F)c(F)c2)CC1. The molecule has 1 aliphatic heterocycles. The molecule has 1 aliphatic rings. The van der Waals surface area contributed by atoms with Crippen LogP contribution in [0.4, 0.5) is 8.78 Å². The summed E-state index contributed by atoms with van der Waals surface area (Å²) in [5, 5.41) is 3.05. The fraction of sp³-hybridized carbons (Fsp3) is 0.364. The van der Waals surface area contributed by atoms with Gasteiger partial charge in [-0.25, -0.2) is 8.78 Å². The van der Waals surface area contributed by atoms with Crippen molar-refractivity contribution in [2.24, 2.45) is 0 Å². The number of hydrogen-bond acceptors (Lipinski definition) is 2. The van der Waals surface area contributed by atoms with Gasteiger partial charge >= 0.3 is 0 Å². The number of aryl methyl sites for hydroxylation is 2. The number of carbonyl (C=O) groups is 2. The third-order valence-electron chi connectivity index (χ3n) is 5.18. The highest BCUT2D eigenvalue weighted by atomic mass is 19.2. The second kappa shape index (κ2) is 8.95. The monoisotopic (exact) mass is 386 g/mol. The minimum absolute atomic E-state index is 0.00610. The Labute approximate surface area is 163 Å². The van der Waals surface area contributed by atoms with E-state index in [1.54, 1.807) is 4.90 Å². The fourth-order valence-corrected chi connectivity index (χ4v) is 3.47. The molecule has 1 fully saturated rings. The molecule has 0 unspecified atom stereocenters. The van der Waals surface area contributed by atoms with Crippen LogP contribution < -0.4 is 5.32 Å². The van der Waals surface area contributed by atoms with Gasteiger partial charge in [0, 0.05) is 31.1 Å². The number of benzene rings is 2. The first kappa shape index (κ1) is 20.0. The highest BCUT2D eigenvalue weighted by Crippen LogP contribution is 2.16. The molecule has 1 saturated heterocycles. The summed E-state index contributed by atoms with van der Waals surface area (Å²) in [6, 6.07) is 11.2. The van der Waals surface area contributed by atoms with Gasteiger partial charge in [-0.3, -0.25) is 9.59 Å². The van der Waals surface area contributed by atoms with Crippen LogP contribution in [0.25, 0.3) is 0 Å². The van der Waals surface area contributed by atoms with Gasteiger partial charge in [-0.15, -0.1) is 0 Å². The van der Waals surface area contributed by atoms with E-state index in [4.69, 9.17) is 0 Å². The first-order valence-electron chi connectivity index (χ1n) is 9.52. The molecule has 0 atom stereocenters. The van der Waals surface area contributed by atoms with Gasteiger partial charge in [0.25, 0.3) is 5.91 Å². The molecule has 1 N–H and O–H groups in total. The maximum absolute atomic E-state index is 13.2. The summed E-state index contributed by atoms with van der Waals surface area (Å²) in [7, 11) is 0. The second-order valence-electron chi connectivity index (χ2n) is 7.19. The first-order chi connectivity index (χ1) is 13.4. The molecule has 0 spiro atoms. The third kappa shape index (κ3) is 4.94. The van der Waals surface area contributed by atoms with Gasteiger partial charge in [-0.1, -0.05) is 24.3 Å². The van der Waals surface area contributed by atoms with E-state index in [1.807, 2.05) is 31.2 Å². The van der Waals surface area contributed by atoms with Crippen LogP contribution in [0, 0.1) is 18.6 Å². The van der Waals surface area contributed by atoms with Crippen LogP contribution in [0.3, 0.4) is 0 Å². The molecule has 4 nitrogen and oxygen atoms in total. The van der Waals surface area contributed by atoms with E-state index < -0.39 is 11.6 Å². The lowest BCUT2D eigenvalue weighted by Crippen LogP contribution is -2.46. The molecule has 2 aromatic rings. The van der Waals surface area contributed by atoms with Gasteiger partial charge < -0.3 is 10.2 Å². The highest BCUT2D eigenvalue weighted by Gasteiger charge is 2.24. The summed E-state index contributed by atoms with van der Waals surface area (Å²) in [6.45, 7) is 3.06. The Bertz CT molecular complexity index is 861. The van der Waals surface area contributed by atoms with Crippen LogP contribution in [-0.4, -0.2) is 35.8 Å². The maximum Gasteiger partial charge on any atom is 0.251 e. The zero-order valence-electron chi connectivity index (χ0n) is 15.9. The van der Waals surface area contributed by atoms with Crippen LogP contribution in [0.5, 0.6) is 0 Å². The van der Waals surface area contributed by atoms with Crippen LogP contribution in [0.1, 0.15) is 40.7 Å². The van der Waals surface area contributed by atoms with Gasteiger partial charge in [0.1, 0.15) is 0 Å². The van der Waals surface area contributed by atoms with E-state index in [9.17, 15) is 18.4 Å². The predicted octanol–water partition coefficient (Wildman–Crippen LogP) is 3.63. The lowest BCUT2D eigenvalue weighted by molar-refractivity contribution is -0.132. The molecular formula is C22H24F2N2O2. The third-order valence-corrected chi connectivity index (χ3v) is 5.18. The molecule has 2 aromatic carbocycles. The molecule has 0 aromatic heterocycles. The quantitative estimate of drug-likeness (QED) is 0.853. The normalized spacial score (nSPS) is 14.8. The number of rotatable bonds is 5. The van der Waals surface area contributed by atoms with Crippen LogP contribution in [0.15, 0.2) is 42.5 Å². The average Bonchev–Trinajstić information content (AvgIpc) is 2.69. The number of amides is 2. The van der Waals surface area contributed by atoms with Crippen molar-refractivity contribution in [2.75, 3.05) is 13.1 Å². The second-order valence-corrected chi connectivity index (χ2v) is 7.19. The van der Waals surface area contributed by atoms with Gasteiger partial charge in [-0.05, 0) is 55.5 Å². The molecule has 2 amide bonds. The van der Waals surface area contributed by atoms with Crippen molar-refractivity contribution in [3.8, 4) is 0 Å². The summed E-state index contributed by atoms with van der Waals surface area (Å²) in [6.07, 6.45) is 2.04. The van der Waals surface area contributed by atoms with Gasteiger partial charge in [-0.2, -0.15) is 0 Å². The Balaban J connectivity index is 1.45. The first-order valence-corrected chi connectivity index (χ1v) is 9.52. The summed E-state index contributed by atoms with van der Waals surface area (Å²) in [5.74, 6) is -1.87. The Hall–Kier alpha value is -2.76. The number of carbonyl (C=O) groups excluding carboxylic acids is 2. The molecule has 148 valence electrons. The zero-order chi connectivity index (χ0) is 20.1. The molecule has 6 heteroatoms. The zero-order valence-corrected chi connectivity index (χ0v) is 15.9. The van der Waals surface area contributed by atoms with E-state index in [-0.39, 0.29) is 24.3 Å². The summed E-state index contributed by atoms with van der Waals surface area (Å²) >= 11 is 0. The minimum Gasteiger partial charge on any atom is -0.349 e. The van der Waals surface area contributed by atoms with Crippen LogP contribution in [-0.2, 0) is 11.2 Å². The molecule has 0 aliphatic carbocycles. The standard InChI is InChI=1S/C22H24F2N2O2/c1-15-4-2-3-5-18(15)22(28)25-17-10-12-26(13-11-17)21(27)9-7-16-6-8-19(23)20(24)14-16/h2-6,8,14,17H,7,9-13H2,1H3,(H,25,28). The predicted molar refractivity (Wildman–Crippen MR) is 103 cm³/mol. The van der Waals surface area contributed by atoms with E-state index in [1.165, 1.54) is 6.07 Å². The molecule has 1 heterocycles. The lowest BCUT2D eigenvalue weighted by atomic mass is 10.0. The average molecular weight is 386 g/mol. The van der Waals surface area contributed by atoms with E-state index in [2.05, 4.69) is 5.32 Å². The van der Waals surface area contributed by atoms with Crippen molar-refractivity contribution >= 4 is 11.8 Å². The maximum atomic E-state index is 13.2. The Kier molecular flexibility index (Phi) is 6.39. The van der Waals surface area contributed by atoms with Crippen LogP contribution in [0.2, 0.25) is 0 Å². The largest absolute Gasteiger partial charge is 0.349 e. The molecule has 0 radical (unpaired) electrons.